The number of aliphatic hydroxyl groups is 1. The van der Waals surface area contributed by atoms with Crippen molar-refractivity contribution in [1.82, 2.24) is 0 Å². The first kappa shape index (κ1) is 10.8. The number of fused-ring (bicyclic) bond motifs is 1. The van der Waals surface area contributed by atoms with Crippen LogP contribution in [0.5, 0.6) is 17.2 Å². The average Bonchev–Trinajstić information content (AvgIpc) is 2.73. The van der Waals surface area contributed by atoms with Gasteiger partial charge in [0, 0.05) is 11.6 Å². The molecule has 0 spiro atoms. The maximum absolute atomic E-state index is 8.74. The van der Waals surface area contributed by atoms with Gasteiger partial charge in [-0.2, -0.15) is 0 Å². The SMILES string of the molecule is C=CCc1cc2c(cc1OCCO)OCO2. The van der Waals surface area contributed by atoms with Gasteiger partial charge in [0.15, 0.2) is 11.5 Å². The summed E-state index contributed by atoms with van der Waals surface area (Å²) in [6.07, 6.45) is 2.49. The zero-order chi connectivity index (χ0) is 11.4. The molecule has 0 aliphatic carbocycles. The molecule has 1 aliphatic heterocycles. The van der Waals surface area contributed by atoms with E-state index < -0.39 is 0 Å². The third-order valence-corrected chi connectivity index (χ3v) is 2.27. The Hall–Kier alpha value is -1.68. The van der Waals surface area contributed by atoms with Crippen LogP contribution in [0.1, 0.15) is 5.56 Å². The van der Waals surface area contributed by atoms with Crippen LogP contribution < -0.4 is 14.2 Å². The molecule has 0 fully saturated rings. The highest BCUT2D eigenvalue weighted by Crippen LogP contribution is 2.38. The predicted octanol–water partition coefficient (Wildman–Crippen LogP) is 1.51. The zero-order valence-electron chi connectivity index (χ0n) is 8.94. The molecule has 0 atom stereocenters. The summed E-state index contributed by atoms with van der Waals surface area (Å²) in [5, 5.41) is 8.74. The number of benzene rings is 1. The minimum absolute atomic E-state index is 0.0119. The largest absolute Gasteiger partial charge is 0.491 e. The first-order chi connectivity index (χ1) is 7.85. The third kappa shape index (κ3) is 2.12. The predicted molar refractivity (Wildman–Crippen MR) is 59.0 cm³/mol. The second-order valence-corrected chi connectivity index (χ2v) is 3.38. The Bertz CT molecular complexity index is 387. The summed E-state index contributed by atoms with van der Waals surface area (Å²) in [4.78, 5) is 0. The Morgan fingerprint density at radius 3 is 2.81 bits per heavy atom. The van der Waals surface area contributed by atoms with E-state index in [0.29, 0.717) is 17.9 Å². The van der Waals surface area contributed by atoms with Crippen LogP contribution in [0.2, 0.25) is 0 Å². The van der Waals surface area contributed by atoms with Gasteiger partial charge in [-0.05, 0) is 12.5 Å². The molecule has 1 aromatic carbocycles. The Morgan fingerprint density at radius 2 is 2.12 bits per heavy atom. The molecule has 1 aromatic rings. The number of hydrogen-bond acceptors (Lipinski definition) is 4. The van der Waals surface area contributed by atoms with E-state index in [9.17, 15) is 0 Å². The molecule has 0 unspecified atom stereocenters. The molecule has 0 saturated heterocycles. The van der Waals surface area contributed by atoms with Gasteiger partial charge in [0.1, 0.15) is 12.4 Å². The van der Waals surface area contributed by atoms with E-state index >= 15 is 0 Å². The molecular weight excluding hydrogens is 208 g/mol. The minimum Gasteiger partial charge on any atom is -0.491 e. The lowest BCUT2D eigenvalue weighted by atomic mass is 10.1. The molecule has 0 radical (unpaired) electrons. The van der Waals surface area contributed by atoms with Crippen LogP contribution >= 0.6 is 0 Å². The van der Waals surface area contributed by atoms with Crippen molar-refractivity contribution in [2.75, 3.05) is 20.0 Å². The highest BCUT2D eigenvalue weighted by atomic mass is 16.7. The van der Waals surface area contributed by atoms with E-state index in [2.05, 4.69) is 6.58 Å². The number of aliphatic hydroxyl groups excluding tert-OH is 1. The summed E-state index contributed by atoms with van der Waals surface area (Å²) in [5.41, 5.74) is 0.979. The summed E-state index contributed by atoms with van der Waals surface area (Å²) >= 11 is 0. The summed E-state index contributed by atoms with van der Waals surface area (Å²) < 4.78 is 16.0. The van der Waals surface area contributed by atoms with Crippen LogP contribution in [-0.4, -0.2) is 25.1 Å². The molecule has 4 nitrogen and oxygen atoms in total. The van der Waals surface area contributed by atoms with Gasteiger partial charge in [-0.3, -0.25) is 0 Å². The van der Waals surface area contributed by atoms with Gasteiger partial charge in [0.05, 0.1) is 6.61 Å². The topological polar surface area (TPSA) is 47.9 Å². The van der Waals surface area contributed by atoms with Crippen molar-refractivity contribution in [2.45, 2.75) is 6.42 Å². The Morgan fingerprint density at radius 1 is 1.38 bits per heavy atom. The van der Waals surface area contributed by atoms with Crippen molar-refractivity contribution in [1.29, 1.82) is 0 Å². The van der Waals surface area contributed by atoms with Crippen LogP contribution in [0.15, 0.2) is 24.8 Å². The third-order valence-electron chi connectivity index (χ3n) is 2.27. The molecule has 1 heterocycles. The molecule has 0 saturated carbocycles. The van der Waals surface area contributed by atoms with Crippen LogP contribution in [0.4, 0.5) is 0 Å². The lowest BCUT2D eigenvalue weighted by Gasteiger charge is -2.10. The van der Waals surface area contributed by atoms with Crippen molar-refractivity contribution in [2.24, 2.45) is 0 Å². The molecule has 16 heavy (non-hydrogen) atoms. The zero-order valence-corrected chi connectivity index (χ0v) is 8.94. The Balaban J connectivity index is 2.28. The van der Waals surface area contributed by atoms with Gasteiger partial charge in [0.2, 0.25) is 6.79 Å². The molecule has 4 heteroatoms. The van der Waals surface area contributed by atoms with Gasteiger partial charge < -0.3 is 19.3 Å². The fourth-order valence-corrected chi connectivity index (χ4v) is 1.57. The molecule has 1 aliphatic rings. The molecule has 2 rings (SSSR count). The lowest BCUT2D eigenvalue weighted by molar-refractivity contribution is 0.173. The quantitative estimate of drug-likeness (QED) is 0.767. The number of rotatable bonds is 5. The molecule has 0 amide bonds. The first-order valence-corrected chi connectivity index (χ1v) is 5.12. The fourth-order valence-electron chi connectivity index (χ4n) is 1.57. The first-order valence-electron chi connectivity index (χ1n) is 5.12. The maximum Gasteiger partial charge on any atom is 0.231 e. The van der Waals surface area contributed by atoms with Gasteiger partial charge in [-0.1, -0.05) is 6.08 Å². The van der Waals surface area contributed by atoms with Crippen LogP contribution in [-0.2, 0) is 6.42 Å². The Labute approximate surface area is 94.1 Å². The van der Waals surface area contributed by atoms with Crippen molar-refractivity contribution in [3.8, 4) is 17.2 Å². The second kappa shape index (κ2) is 4.90. The monoisotopic (exact) mass is 222 g/mol. The van der Waals surface area contributed by atoms with Gasteiger partial charge >= 0.3 is 0 Å². The van der Waals surface area contributed by atoms with E-state index in [1.807, 2.05) is 6.07 Å². The molecule has 86 valence electrons. The van der Waals surface area contributed by atoms with E-state index in [4.69, 9.17) is 19.3 Å². The highest BCUT2D eigenvalue weighted by molar-refractivity contribution is 5.52. The van der Waals surface area contributed by atoms with Crippen molar-refractivity contribution >= 4 is 0 Å². The Kier molecular flexibility index (Phi) is 3.31. The smallest absolute Gasteiger partial charge is 0.231 e. The van der Waals surface area contributed by atoms with Gasteiger partial charge in [-0.25, -0.2) is 0 Å². The van der Waals surface area contributed by atoms with E-state index in [0.717, 1.165) is 11.3 Å². The van der Waals surface area contributed by atoms with E-state index in [1.54, 1.807) is 12.1 Å². The summed E-state index contributed by atoms with van der Waals surface area (Å²) in [6, 6.07) is 3.67. The van der Waals surface area contributed by atoms with Crippen molar-refractivity contribution in [3.05, 3.63) is 30.4 Å². The molecular formula is C12H14O4. The summed E-state index contributed by atoms with van der Waals surface area (Å²) in [7, 11) is 0. The standard InChI is InChI=1S/C12H14O4/c1-2-3-9-6-11-12(16-8-15-11)7-10(9)14-5-4-13/h2,6-7,13H,1,3-5,8H2. The molecule has 1 N–H and O–H groups in total. The average molecular weight is 222 g/mol. The number of ether oxygens (including phenoxy) is 3. The van der Waals surface area contributed by atoms with Crippen LogP contribution in [0.3, 0.4) is 0 Å². The highest BCUT2D eigenvalue weighted by Gasteiger charge is 2.17. The fraction of sp³-hybridized carbons (Fsp3) is 0.333. The normalized spacial score (nSPS) is 12.6. The van der Waals surface area contributed by atoms with E-state index in [-0.39, 0.29) is 20.0 Å². The van der Waals surface area contributed by atoms with Gasteiger partial charge in [-0.15, -0.1) is 6.58 Å². The minimum atomic E-state index is -0.0119. The lowest BCUT2D eigenvalue weighted by Crippen LogP contribution is -2.03. The summed E-state index contributed by atoms with van der Waals surface area (Å²) in [6.45, 7) is 4.19. The van der Waals surface area contributed by atoms with E-state index in [1.165, 1.54) is 0 Å². The number of hydrogen-bond donors (Lipinski definition) is 1. The van der Waals surface area contributed by atoms with Crippen LogP contribution in [0.25, 0.3) is 0 Å². The summed E-state index contributed by atoms with van der Waals surface area (Å²) in [5.74, 6) is 2.12. The van der Waals surface area contributed by atoms with Gasteiger partial charge in [0.25, 0.3) is 0 Å². The molecule has 0 bridgehead atoms. The van der Waals surface area contributed by atoms with Crippen molar-refractivity contribution < 1.29 is 19.3 Å². The number of allylic oxidation sites excluding steroid dienone is 1. The second-order valence-electron chi connectivity index (χ2n) is 3.38. The van der Waals surface area contributed by atoms with Crippen molar-refractivity contribution in [3.63, 3.8) is 0 Å². The molecule has 0 aromatic heterocycles. The maximum atomic E-state index is 8.74. The van der Waals surface area contributed by atoms with Crippen LogP contribution in [0, 0.1) is 0 Å².